The molecule has 0 radical (unpaired) electrons. The predicted octanol–water partition coefficient (Wildman–Crippen LogP) is 2.17. The third-order valence-corrected chi connectivity index (χ3v) is 3.41. The van der Waals surface area contributed by atoms with Crippen LogP contribution in [0.2, 0.25) is 0 Å². The molecule has 0 spiro atoms. The van der Waals surface area contributed by atoms with Crippen molar-refractivity contribution in [2.75, 3.05) is 7.11 Å². The van der Waals surface area contributed by atoms with Gasteiger partial charge in [0, 0.05) is 10.9 Å². The summed E-state index contributed by atoms with van der Waals surface area (Å²) in [6.07, 6.45) is 2.59. The summed E-state index contributed by atoms with van der Waals surface area (Å²) in [7, 11) is 1.69. The van der Waals surface area contributed by atoms with Crippen LogP contribution < -0.4 is 10.5 Å². The third-order valence-electron chi connectivity index (χ3n) is 2.26. The monoisotopic (exact) mass is 183 g/mol. The summed E-state index contributed by atoms with van der Waals surface area (Å²) in [6.45, 7) is 0. The van der Waals surface area contributed by atoms with Gasteiger partial charge < -0.3 is 10.5 Å². The molecular weight excluding hydrogens is 170 g/mol. The highest BCUT2D eigenvalue weighted by molar-refractivity contribution is 7.13. The molecule has 66 valence electrons. The van der Waals surface area contributed by atoms with Crippen molar-refractivity contribution in [2.24, 2.45) is 11.7 Å². The molecule has 1 aromatic rings. The van der Waals surface area contributed by atoms with Gasteiger partial charge >= 0.3 is 0 Å². The first-order valence-corrected chi connectivity index (χ1v) is 5.02. The summed E-state index contributed by atoms with van der Waals surface area (Å²) in [5.41, 5.74) is 6.02. The Hall–Kier alpha value is -0.540. The van der Waals surface area contributed by atoms with Crippen LogP contribution in [-0.4, -0.2) is 7.11 Å². The van der Waals surface area contributed by atoms with Crippen molar-refractivity contribution in [1.82, 2.24) is 0 Å². The Labute approximate surface area is 76.3 Å². The molecule has 0 bridgehead atoms. The van der Waals surface area contributed by atoms with E-state index >= 15 is 0 Å². The summed E-state index contributed by atoms with van der Waals surface area (Å²) in [5, 5.41) is 0.959. The maximum atomic E-state index is 6.02. The Bertz CT molecular complexity index is 267. The van der Waals surface area contributed by atoms with E-state index in [-0.39, 0.29) is 6.04 Å². The molecular formula is C9H13NOS. The second-order valence-corrected chi connectivity index (χ2v) is 4.30. The van der Waals surface area contributed by atoms with Crippen molar-refractivity contribution in [1.29, 1.82) is 0 Å². The lowest BCUT2D eigenvalue weighted by Crippen LogP contribution is -2.10. The van der Waals surface area contributed by atoms with E-state index in [1.807, 2.05) is 6.07 Å². The van der Waals surface area contributed by atoms with Gasteiger partial charge in [-0.15, -0.1) is 11.3 Å². The summed E-state index contributed by atoms with van der Waals surface area (Å²) >= 11 is 1.66. The number of hydrogen-bond donors (Lipinski definition) is 1. The summed E-state index contributed by atoms with van der Waals surface area (Å²) in [6, 6.07) is 4.31. The molecule has 0 saturated heterocycles. The normalized spacial score (nSPS) is 19.2. The zero-order valence-corrected chi connectivity index (χ0v) is 7.93. The van der Waals surface area contributed by atoms with Gasteiger partial charge in [0.1, 0.15) is 0 Å². The lowest BCUT2D eigenvalue weighted by atomic mass is 10.2. The van der Waals surface area contributed by atoms with Gasteiger partial charge in [0.15, 0.2) is 5.06 Å². The van der Waals surface area contributed by atoms with Crippen LogP contribution in [0.25, 0.3) is 0 Å². The maximum absolute atomic E-state index is 6.02. The standard InChI is InChI=1S/C9H13NOS/c1-11-8-5-4-7(12-8)9(10)6-2-3-6/h4-6,9H,2-3,10H2,1H3. The minimum Gasteiger partial charge on any atom is -0.487 e. The lowest BCUT2D eigenvalue weighted by molar-refractivity contribution is 0.427. The number of nitrogens with two attached hydrogens (primary N) is 1. The molecule has 2 nitrogen and oxygen atoms in total. The Kier molecular flexibility index (Phi) is 2.07. The average molecular weight is 183 g/mol. The highest BCUT2D eigenvalue weighted by atomic mass is 32.1. The quantitative estimate of drug-likeness (QED) is 0.779. The van der Waals surface area contributed by atoms with E-state index in [1.54, 1.807) is 18.4 Å². The fourth-order valence-electron chi connectivity index (χ4n) is 1.31. The first-order valence-electron chi connectivity index (χ1n) is 4.20. The molecule has 1 aliphatic rings. The highest BCUT2D eigenvalue weighted by Crippen LogP contribution is 2.42. The smallest absolute Gasteiger partial charge is 0.173 e. The second-order valence-electron chi connectivity index (χ2n) is 3.22. The van der Waals surface area contributed by atoms with Crippen LogP contribution in [0.4, 0.5) is 0 Å². The van der Waals surface area contributed by atoms with E-state index in [0.29, 0.717) is 0 Å². The van der Waals surface area contributed by atoms with Crippen molar-refractivity contribution in [3.05, 3.63) is 17.0 Å². The molecule has 1 heterocycles. The van der Waals surface area contributed by atoms with Crippen molar-refractivity contribution in [3.63, 3.8) is 0 Å². The zero-order chi connectivity index (χ0) is 8.55. The molecule has 2 N–H and O–H groups in total. The van der Waals surface area contributed by atoms with Gasteiger partial charge in [-0.05, 0) is 30.9 Å². The van der Waals surface area contributed by atoms with E-state index in [1.165, 1.54) is 17.7 Å². The molecule has 1 atom stereocenters. The number of rotatable bonds is 3. The first-order chi connectivity index (χ1) is 5.81. The van der Waals surface area contributed by atoms with Gasteiger partial charge in [0.2, 0.25) is 0 Å². The summed E-state index contributed by atoms with van der Waals surface area (Å²) in [4.78, 5) is 1.26. The zero-order valence-electron chi connectivity index (χ0n) is 7.12. The van der Waals surface area contributed by atoms with Crippen LogP contribution in [0.5, 0.6) is 5.06 Å². The molecule has 0 amide bonds. The SMILES string of the molecule is COc1ccc(C(N)C2CC2)s1. The number of hydrogen-bond acceptors (Lipinski definition) is 3. The van der Waals surface area contributed by atoms with Gasteiger partial charge in [-0.2, -0.15) is 0 Å². The second kappa shape index (κ2) is 3.07. The van der Waals surface area contributed by atoms with Crippen molar-refractivity contribution in [3.8, 4) is 5.06 Å². The van der Waals surface area contributed by atoms with E-state index in [4.69, 9.17) is 10.5 Å². The molecule has 2 rings (SSSR count). The topological polar surface area (TPSA) is 35.2 Å². The Morgan fingerprint density at radius 2 is 2.33 bits per heavy atom. The molecule has 1 fully saturated rings. The van der Waals surface area contributed by atoms with Crippen LogP contribution in [0.3, 0.4) is 0 Å². The van der Waals surface area contributed by atoms with E-state index in [0.717, 1.165) is 11.0 Å². The van der Waals surface area contributed by atoms with Gasteiger partial charge in [0.05, 0.1) is 7.11 Å². The molecule has 12 heavy (non-hydrogen) atoms. The lowest BCUT2D eigenvalue weighted by Gasteiger charge is -2.05. The van der Waals surface area contributed by atoms with Crippen LogP contribution in [0, 0.1) is 5.92 Å². The van der Waals surface area contributed by atoms with Crippen LogP contribution in [0.15, 0.2) is 12.1 Å². The minimum atomic E-state index is 0.249. The predicted molar refractivity (Wildman–Crippen MR) is 50.5 cm³/mol. The average Bonchev–Trinajstić information content (AvgIpc) is 2.82. The summed E-state index contributed by atoms with van der Waals surface area (Å²) < 4.78 is 5.11. The first kappa shape index (κ1) is 8.08. The third kappa shape index (κ3) is 1.47. The molecule has 1 aromatic heterocycles. The van der Waals surface area contributed by atoms with E-state index in [9.17, 15) is 0 Å². The van der Waals surface area contributed by atoms with Crippen LogP contribution in [0.1, 0.15) is 23.8 Å². The van der Waals surface area contributed by atoms with E-state index in [2.05, 4.69) is 6.07 Å². The van der Waals surface area contributed by atoms with Gasteiger partial charge in [-0.3, -0.25) is 0 Å². The van der Waals surface area contributed by atoms with Crippen LogP contribution >= 0.6 is 11.3 Å². The van der Waals surface area contributed by atoms with Gasteiger partial charge in [0.25, 0.3) is 0 Å². The molecule has 0 aromatic carbocycles. The van der Waals surface area contributed by atoms with Gasteiger partial charge in [-0.1, -0.05) is 0 Å². The summed E-state index contributed by atoms with van der Waals surface area (Å²) in [5.74, 6) is 0.730. The molecule has 1 unspecified atom stereocenters. The largest absolute Gasteiger partial charge is 0.487 e. The van der Waals surface area contributed by atoms with Crippen molar-refractivity contribution < 1.29 is 4.74 Å². The Morgan fingerprint density at radius 1 is 1.58 bits per heavy atom. The molecule has 1 aliphatic carbocycles. The Balaban J connectivity index is 2.10. The van der Waals surface area contributed by atoms with Crippen molar-refractivity contribution >= 4 is 11.3 Å². The Morgan fingerprint density at radius 3 is 2.83 bits per heavy atom. The van der Waals surface area contributed by atoms with Gasteiger partial charge in [-0.25, -0.2) is 0 Å². The number of thiophene rings is 1. The van der Waals surface area contributed by atoms with Crippen molar-refractivity contribution in [2.45, 2.75) is 18.9 Å². The fourth-order valence-corrected chi connectivity index (χ4v) is 2.23. The number of ether oxygens (including phenoxy) is 1. The molecule has 3 heteroatoms. The highest BCUT2D eigenvalue weighted by Gasteiger charge is 2.30. The van der Waals surface area contributed by atoms with E-state index < -0.39 is 0 Å². The van der Waals surface area contributed by atoms with Crippen LogP contribution in [-0.2, 0) is 0 Å². The molecule has 1 saturated carbocycles. The maximum Gasteiger partial charge on any atom is 0.173 e. The fraction of sp³-hybridized carbons (Fsp3) is 0.556. The molecule has 0 aliphatic heterocycles. The number of methoxy groups -OCH3 is 1. The minimum absolute atomic E-state index is 0.249.